The molecule has 0 bridgehead atoms. The van der Waals surface area contributed by atoms with Gasteiger partial charge >= 0.3 is 0 Å². The predicted molar refractivity (Wildman–Crippen MR) is 50.5 cm³/mol. The molecule has 1 aliphatic rings. The summed E-state index contributed by atoms with van der Waals surface area (Å²) in [6, 6.07) is 2.35. The monoisotopic (exact) mass is 163 g/mol. The van der Waals surface area contributed by atoms with Gasteiger partial charge in [-0.15, -0.1) is 0 Å². The second-order valence-electron chi connectivity index (χ2n) is 4.40. The Labute approximate surface area is 75.1 Å². The Morgan fingerprint density at radius 3 is 2.33 bits per heavy atom. The molecule has 0 aromatic rings. The number of hydrogen-bond acceptors (Lipinski definition) is 1. The third kappa shape index (κ3) is 1.53. The summed E-state index contributed by atoms with van der Waals surface area (Å²) in [7, 11) is 0. The third-order valence-corrected chi connectivity index (χ3v) is 2.97. The Morgan fingerprint density at radius 1 is 1.58 bits per heavy atom. The summed E-state index contributed by atoms with van der Waals surface area (Å²) in [5.41, 5.74) is 2.71. The highest BCUT2D eigenvalue weighted by molar-refractivity contribution is 5.35. The number of nitriles is 1. The molecule has 12 heavy (non-hydrogen) atoms. The summed E-state index contributed by atoms with van der Waals surface area (Å²) in [6.45, 7) is 8.66. The van der Waals surface area contributed by atoms with Gasteiger partial charge in [0.05, 0.1) is 6.07 Å². The van der Waals surface area contributed by atoms with Gasteiger partial charge < -0.3 is 0 Å². The van der Waals surface area contributed by atoms with E-state index in [1.807, 2.05) is 0 Å². The Balaban J connectivity index is 2.81. The molecule has 0 amide bonds. The normalized spacial score (nSPS) is 27.4. The summed E-state index contributed by atoms with van der Waals surface area (Å²) >= 11 is 0. The van der Waals surface area contributed by atoms with Gasteiger partial charge in [0, 0.05) is 5.57 Å². The molecule has 0 radical (unpaired) electrons. The van der Waals surface area contributed by atoms with E-state index < -0.39 is 0 Å². The molecule has 1 atom stereocenters. The van der Waals surface area contributed by atoms with Crippen molar-refractivity contribution in [3.8, 4) is 6.07 Å². The molecule has 0 aromatic carbocycles. The molecule has 0 aliphatic heterocycles. The summed E-state index contributed by atoms with van der Waals surface area (Å²) in [5.74, 6) is 0.544. The van der Waals surface area contributed by atoms with Crippen LogP contribution in [0, 0.1) is 22.7 Å². The van der Waals surface area contributed by atoms with Crippen LogP contribution in [0.15, 0.2) is 11.1 Å². The van der Waals surface area contributed by atoms with Crippen LogP contribution >= 0.6 is 0 Å². The summed E-state index contributed by atoms with van der Waals surface area (Å²) in [5, 5.41) is 8.96. The zero-order valence-corrected chi connectivity index (χ0v) is 8.44. The number of allylic oxidation sites excluding steroid dienone is 2. The van der Waals surface area contributed by atoms with Gasteiger partial charge in [-0.1, -0.05) is 26.3 Å². The van der Waals surface area contributed by atoms with E-state index in [4.69, 9.17) is 5.26 Å². The Morgan fingerprint density at radius 2 is 2.08 bits per heavy atom. The minimum Gasteiger partial charge on any atom is -0.193 e. The van der Waals surface area contributed by atoms with E-state index >= 15 is 0 Å². The minimum absolute atomic E-state index is 0.390. The first-order chi connectivity index (χ1) is 5.53. The topological polar surface area (TPSA) is 23.8 Å². The zero-order chi connectivity index (χ0) is 9.35. The third-order valence-electron chi connectivity index (χ3n) is 2.97. The average Bonchev–Trinajstić information content (AvgIpc) is 2.61. The van der Waals surface area contributed by atoms with Crippen LogP contribution in [0.5, 0.6) is 0 Å². The van der Waals surface area contributed by atoms with E-state index in [-0.39, 0.29) is 0 Å². The van der Waals surface area contributed by atoms with Crippen molar-refractivity contribution in [2.45, 2.75) is 40.5 Å². The van der Waals surface area contributed by atoms with Crippen LogP contribution in [0.25, 0.3) is 0 Å². The van der Waals surface area contributed by atoms with E-state index in [0.717, 1.165) is 12.0 Å². The molecule has 0 aromatic heterocycles. The smallest absolute Gasteiger partial charge is 0.0949 e. The molecule has 0 N–H and O–H groups in total. The van der Waals surface area contributed by atoms with E-state index in [0.29, 0.717) is 11.3 Å². The molecule has 1 fully saturated rings. The Kier molecular flexibility index (Phi) is 2.28. The predicted octanol–water partition coefficient (Wildman–Crippen LogP) is 3.28. The minimum atomic E-state index is 0.390. The summed E-state index contributed by atoms with van der Waals surface area (Å²) < 4.78 is 0. The lowest BCUT2D eigenvalue weighted by Gasteiger charge is -2.04. The van der Waals surface area contributed by atoms with Crippen molar-refractivity contribution < 1.29 is 0 Å². The Hall–Kier alpha value is -0.770. The fourth-order valence-electron chi connectivity index (χ4n) is 1.62. The van der Waals surface area contributed by atoms with Gasteiger partial charge in [-0.3, -0.25) is 0 Å². The fraction of sp³-hybridized carbons (Fsp3) is 0.727. The van der Waals surface area contributed by atoms with Crippen molar-refractivity contribution in [2.75, 3.05) is 0 Å². The number of rotatable bonds is 2. The molecular weight excluding hydrogens is 146 g/mol. The van der Waals surface area contributed by atoms with Gasteiger partial charge in [-0.25, -0.2) is 0 Å². The van der Waals surface area contributed by atoms with Gasteiger partial charge in [-0.2, -0.15) is 5.26 Å². The second kappa shape index (κ2) is 2.94. The highest BCUT2D eigenvalue weighted by Gasteiger charge is 2.48. The summed E-state index contributed by atoms with van der Waals surface area (Å²) in [6.07, 6.45) is 2.20. The first kappa shape index (κ1) is 9.32. The summed E-state index contributed by atoms with van der Waals surface area (Å²) in [4.78, 5) is 0. The number of hydrogen-bond donors (Lipinski definition) is 0. The van der Waals surface area contributed by atoms with Gasteiger partial charge in [-0.05, 0) is 31.1 Å². The molecule has 0 saturated heterocycles. The highest BCUT2D eigenvalue weighted by Crippen LogP contribution is 2.56. The standard InChI is InChI=1S/C11H17N/c1-5-8(2)9(7-12)10-6-11(10,3)4/h10H,5-6H2,1-4H3/b9-8+. The van der Waals surface area contributed by atoms with Crippen LogP contribution in [-0.2, 0) is 0 Å². The van der Waals surface area contributed by atoms with Crippen molar-refractivity contribution in [3.63, 3.8) is 0 Å². The maximum absolute atomic E-state index is 8.96. The van der Waals surface area contributed by atoms with Crippen molar-refractivity contribution in [3.05, 3.63) is 11.1 Å². The van der Waals surface area contributed by atoms with E-state index in [2.05, 4.69) is 33.8 Å². The SMILES string of the molecule is CC/C(C)=C(\C#N)C1CC1(C)C. The molecule has 1 rings (SSSR count). The molecule has 0 spiro atoms. The van der Waals surface area contributed by atoms with Crippen LogP contribution in [0.3, 0.4) is 0 Å². The average molecular weight is 163 g/mol. The molecule has 1 nitrogen and oxygen atoms in total. The van der Waals surface area contributed by atoms with Crippen molar-refractivity contribution in [1.82, 2.24) is 0 Å². The molecule has 1 saturated carbocycles. The van der Waals surface area contributed by atoms with Crippen LogP contribution in [0.2, 0.25) is 0 Å². The van der Waals surface area contributed by atoms with Crippen LogP contribution < -0.4 is 0 Å². The van der Waals surface area contributed by atoms with E-state index in [1.165, 1.54) is 12.0 Å². The molecule has 0 heterocycles. The lowest BCUT2D eigenvalue weighted by Crippen LogP contribution is -1.95. The van der Waals surface area contributed by atoms with Crippen LogP contribution in [0.4, 0.5) is 0 Å². The van der Waals surface area contributed by atoms with Gasteiger partial charge in [0.15, 0.2) is 0 Å². The van der Waals surface area contributed by atoms with E-state index in [9.17, 15) is 0 Å². The Bertz CT molecular complexity index is 253. The number of nitrogens with zero attached hydrogens (tertiary/aromatic N) is 1. The van der Waals surface area contributed by atoms with Crippen molar-refractivity contribution >= 4 is 0 Å². The van der Waals surface area contributed by atoms with Crippen LogP contribution in [-0.4, -0.2) is 0 Å². The van der Waals surface area contributed by atoms with Gasteiger partial charge in [0.2, 0.25) is 0 Å². The van der Waals surface area contributed by atoms with Crippen molar-refractivity contribution in [1.29, 1.82) is 5.26 Å². The van der Waals surface area contributed by atoms with E-state index in [1.54, 1.807) is 0 Å². The first-order valence-electron chi connectivity index (χ1n) is 4.62. The largest absolute Gasteiger partial charge is 0.193 e. The molecule has 1 aliphatic carbocycles. The van der Waals surface area contributed by atoms with Crippen LogP contribution in [0.1, 0.15) is 40.5 Å². The lowest BCUT2D eigenvalue weighted by atomic mass is 9.99. The first-order valence-corrected chi connectivity index (χ1v) is 4.62. The van der Waals surface area contributed by atoms with Gasteiger partial charge in [0.1, 0.15) is 0 Å². The quantitative estimate of drug-likeness (QED) is 0.573. The molecule has 66 valence electrons. The molecule has 1 heteroatoms. The maximum atomic E-state index is 8.96. The maximum Gasteiger partial charge on any atom is 0.0949 e. The van der Waals surface area contributed by atoms with Gasteiger partial charge in [0.25, 0.3) is 0 Å². The lowest BCUT2D eigenvalue weighted by molar-refractivity contribution is 0.600. The second-order valence-corrected chi connectivity index (χ2v) is 4.40. The fourth-order valence-corrected chi connectivity index (χ4v) is 1.62. The van der Waals surface area contributed by atoms with Crippen molar-refractivity contribution in [2.24, 2.45) is 11.3 Å². The molecular formula is C11H17N. The highest BCUT2D eigenvalue weighted by atomic mass is 14.5. The zero-order valence-electron chi connectivity index (χ0n) is 8.44. The molecule has 1 unspecified atom stereocenters.